The zero-order valence-corrected chi connectivity index (χ0v) is 16.2. The fraction of sp³-hybridized carbons (Fsp3) is 0.368. The Bertz CT molecular complexity index is 1020. The highest BCUT2D eigenvalue weighted by Gasteiger charge is 2.29. The van der Waals surface area contributed by atoms with Crippen LogP contribution in [-0.2, 0) is 9.84 Å². The summed E-state index contributed by atoms with van der Waals surface area (Å²) < 4.78 is 23.8. The van der Waals surface area contributed by atoms with Gasteiger partial charge in [-0.05, 0) is 30.9 Å². The summed E-state index contributed by atoms with van der Waals surface area (Å²) in [5.41, 5.74) is 1.16. The van der Waals surface area contributed by atoms with Crippen molar-refractivity contribution in [3.8, 4) is 10.4 Å². The van der Waals surface area contributed by atoms with E-state index in [9.17, 15) is 8.42 Å². The van der Waals surface area contributed by atoms with Gasteiger partial charge in [0.25, 0.3) is 0 Å². The molecule has 7 heteroatoms. The van der Waals surface area contributed by atoms with Crippen LogP contribution in [-0.4, -0.2) is 35.9 Å². The van der Waals surface area contributed by atoms with Crippen LogP contribution in [0.5, 0.6) is 0 Å². The summed E-state index contributed by atoms with van der Waals surface area (Å²) in [7, 11) is -3.00. The van der Waals surface area contributed by atoms with E-state index in [1.54, 1.807) is 17.7 Å². The number of hydrogen-bond acceptors (Lipinski definition) is 6. The molecule has 5 nitrogen and oxygen atoms in total. The predicted octanol–water partition coefficient (Wildman–Crippen LogP) is 4.13. The molecule has 1 aromatic carbocycles. The minimum Gasteiger partial charge on any atom is -0.367 e. The van der Waals surface area contributed by atoms with Crippen LogP contribution < -0.4 is 5.32 Å². The standard InChI is InChI=1S/C19H21N3O2S2/c1-26(23,24)15-9-5-8-14(10-15)22-18-16-11-17(13-6-3-2-4-7-13)25-19(16)21-12-20-18/h2-4,6-7,11-12,14-15H,5,8-10H2,1H3,(H,20,21,22). The molecule has 2 aromatic heterocycles. The molecule has 1 aliphatic carbocycles. The van der Waals surface area contributed by atoms with Crippen molar-refractivity contribution in [2.75, 3.05) is 11.6 Å². The molecule has 0 amide bonds. The Kier molecular flexibility index (Phi) is 4.67. The average Bonchev–Trinajstić information content (AvgIpc) is 3.07. The minimum atomic E-state index is -3.00. The Morgan fingerprint density at radius 1 is 1.15 bits per heavy atom. The SMILES string of the molecule is CS(=O)(=O)C1CCCC(Nc2ncnc3sc(-c4ccccc4)cc23)C1. The normalized spacial score (nSPS) is 21.0. The number of anilines is 1. The van der Waals surface area contributed by atoms with Crippen molar-refractivity contribution >= 4 is 37.2 Å². The minimum absolute atomic E-state index is 0.127. The summed E-state index contributed by atoms with van der Waals surface area (Å²) in [4.78, 5) is 10.9. The fourth-order valence-corrected chi connectivity index (χ4v) is 5.75. The van der Waals surface area contributed by atoms with E-state index in [1.165, 1.54) is 6.26 Å². The van der Waals surface area contributed by atoms with E-state index < -0.39 is 9.84 Å². The van der Waals surface area contributed by atoms with Gasteiger partial charge >= 0.3 is 0 Å². The van der Waals surface area contributed by atoms with Gasteiger partial charge in [-0.1, -0.05) is 36.8 Å². The maximum atomic E-state index is 11.9. The molecule has 2 heterocycles. The zero-order chi connectivity index (χ0) is 18.1. The summed E-state index contributed by atoms with van der Waals surface area (Å²) in [6.07, 6.45) is 6.20. The Hall–Kier alpha value is -1.99. The van der Waals surface area contributed by atoms with Gasteiger partial charge in [0, 0.05) is 17.2 Å². The number of thiophene rings is 1. The molecule has 0 spiro atoms. The van der Waals surface area contributed by atoms with Crippen molar-refractivity contribution in [2.45, 2.75) is 37.0 Å². The monoisotopic (exact) mass is 387 g/mol. The van der Waals surface area contributed by atoms with E-state index in [-0.39, 0.29) is 11.3 Å². The van der Waals surface area contributed by atoms with E-state index in [4.69, 9.17) is 0 Å². The lowest BCUT2D eigenvalue weighted by atomic mass is 9.95. The van der Waals surface area contributed by atoms with Gasteiger partial charge in [-0.3, -0.25) is 0 Å². The second kappa shape index (κ2) is 6.96. The third-order valence-electron chi connectivity index (χ3n) is 4.96. The molecule has 26 heavy (non-hydrogen) atoms. The van der Waals surface area contributed by atoms with Crippen LogP contribution in [0.1, 0.15) is 25.7 Å². The molecular formula is C19H21N3O2S2. The first kappa shape index (κ1) is 17.4. The first-order valence-electron chi connectivity index (χ1n) is 8.76. The van der Waals surface area contributed by atoms with Gasteiger partial charge in [0.05, 0.1) is 10.6 Å². The Morgan fingerprint density at radius 2 is 1.96 bits per heavy atom. The maximum absolute atomic E-state index is 11.9. The van der Waals surface area contributed by atoms with Crippen molar-refractivity contribution in [2.24, 2.45) is 0 Å². The van der Waals surface area contributed by atoms with Gasteiger partial charge in [0.15, 0.2) is 0 Å². The van der Waals surface area contributed by atoms with Crippen LogP contribution in [0.25, 0.3) is 20.7 Å². The Morgan fingerprint density at radius 3 is 2.73 bits per heavy atom. The van der Waals surface area contributed by atoms with Gasteiger partial charge in [-0.15, -0.1) is 11.3 Å². The van der Waals surface area contributed by atoms with E-state index in [2.05, 4.69) is 33.5 Å². The van der Waals surface area contributed by atoms with Gasteiger partial charge < -0.3 is 5.32 Å². The summed E-state index contributed by atoms with van der Waals surface area (Å²) in [5, 5.41) is 4.22. The highest BCUT2D eigenvalue weighted by atomic mass is 32.2. The molecule has 2 unspecified atom stereocenters. The molecule has 3 aromatic rings. The van der Waals surface area contributed by atoms with Gasteiger partial charge in [0.1, 0.15) is 26.8 Å². The molecule has 1 fully saturated rings. The van der Waals surface area contributed by atoms with Crippen LogP contribution in [0.3, 0.4) is 0 Å². The second-order valence-electron chi connectivity index (χ2n) is 6.88. The third kappa shape index (κ3) is 3.59. The van der Waals surface area contributed by atoms with Crippen molar-refractivity contribution in [1.29, 1.82) is 0 Å². The number of hydrogen-bond donors (Lipinski definition) is 1. The van der Waals surface area contributed by atoms with Crippen LogP contribution in [0.4, 0.5) is 5.82 Å². The quantitative estimate of drug-likeness (QED) is 0.729. The molecule has 4 rings (SSSR count). The second-order valence-corrected chi connectivity index (χ2v) is 10.2. The first-order chi connectivity index (χ1) is 12.5. The van der Waals surface area contributed by atoms with E-state index in [0.29, 0.717) is 6.42 Å². The van der Waals surface area contributed by atoms with Gasteiger partial charge in [-0.2, -0.15) is 0 Å². The number of nitrogens with zero attached hydrogens (tertiary/aromatic N) is 2. The Balaban J connectivity index is 1.62. The van der Waals surface area contributed by atoms with Crippen LogP contribution >= 0.6 is 11.3 Å². The average molecular weight is 388 g/mol. The molecule has 1 saturated carbocycles. The lowest BCUT2D eigenvalue weighted by Gasteiger charge is -2.29. The Labute approximate surface area is 157 Å². The fourth-order valence-electron chi connectivity index (χ4n) is 3.57. The van der Waals surface area contributed by atoms with E-state index in [0.717, 1.165) is 45.7 Å². The van der Waals surface area contributed by atoms with Crippen LogP contribution in [0, 0.1) is 0 Å². The topological polar surface area (TPSA) is 72.0 Å². The van der Waals surface area contributed by atoms with Crippen molar-refractivity contribution in [3.63, 3.8) is 0 Å². The maximum Gasteiger partial charge on any atom is 0.150 e. The predicted molar refractivity (Wildman–Crippen MR) is 107 cm³/mol. The summed E-state index contributed by atoms with van der Waals surface area (Å²) in [6.45, 7) is 0. The van der Waals surface area contributed by atoms with Crippen molar-refractivity contribution in [1.82, 2.24) is 9.97 Å². The summed E-state index contributed by atoms with van der Waals surface area (Å²) >= 11 is 1.64. The molecule has 2 atom stereocenters. The number of rotatable bonds is 4. The van der Waals surface area contributed by atoms with Crippen LogP contribution in [0.2, 0.25) is 0 Å². The molecule has 0 radical (unpaired) electrons. The molecule has 0 bridgehead atoms. The third-order valence-corrected chi connectivity index (χ3v) is 7.69. The van der Waals surface area contributed by atoms with E-state index in [1.807, 2.05) is 18.2 Å². The smallest absolute Gasteiger partial charge is 0.150 e. The number of sulfone groups is 1. The number of aromatic nitrogens is 2. The molecule has 1 N–H and O–H groups in total. The van der Waals surface area contributed by atoms with Crippen LogP contribution in [0.15, 0.2) is 42.7 Å². The molecule has 0 aliphatic heterocycles. The van der Waals surface area contributed by atoms with Gasteiger partial charge in [-0.25, -0.2) is 18.4 Å². The summed E-state index contributed by atoms with van der Waals surface area (Å²) in [5.74, 6) is 0.799. The molecule has 0 saturated heterocycles. The van der Waals surface area contributed by atoms with Gasteiger partial charge in [0.2, 0.25) is 0 Å². The lowest BCUT2D eigenvalue weighted by molar-refractivity contribution is 0.452. The number of nitrogens with one attached hydrogen (secondary N) is 1. The van der Waals surface area contributed by atoms with Crippen molar-refractivity contribution < 1.29 is 8.42 Å². The largest absolute Gasteiger partial charge is 0.367 e. The molecule has 136 valence electrons. The lowest BCUT2D eigenvalue weighted by Crippen LogP contribution is -2.34. The molecule has 1 aliphatic rings. The molecular weight excluding hydrogens is 366 g/mol. The first-order valence-corrected chi connectivity index (χ1v) is 11.5. The summed E-state index contributed by atoms with van der Waals surface area (Å²) in [6, 6.07) is 12.5. The van der Waals surface area contributed by atoms with E-state index >= 15 is 0 Å². The highest BCUT2D eigenvalue weighted by molar-refractivity contribution is 7.91. The number of benzene rings is 1. The number of fused-ring (bicyclic) bond motifs is 1. The zero-order valence-electron chi connectivity index (χ0n) is 14.6. The van der Waals surface area contributed by atoms with Crippen molar-refractivity contribution in [3.05, 3.63) is 42.7 Å². The highest BCUT2D eigenvalue weighted by Crippen LogP contribution is 2.36.